The van der Waals surface area contributed by atoms with E-state index in [0.29, 0.717) is 5.02 Å². The number of benzene rings is 1. The fourth-order valence-corrected chi connectivity index (χ4v) is 1.61. The summed E-state index contributed by atoms with van der Waals surface area (Å²) in [4.78, 5) is 0. The molecule has 2 nitrogen and oxygen atoms in total. The van der Waals surface area contributed by atoms with Crippen LogP contribution in [0.5, 0.6) is 0 Å². The lowest BCUT2D eigenvalue weighted by Gasteiger charge is -2.09. The van der Waals surface area contributed by atoms with Crippen molar-refractivity contribution in [2.45, 2.75) is 13.8 Å². The van der Waals surface area contributed by atoms with E-state index < -0.39 is 0 Å². The van der Waals surface area contributed by atoms with E-state index in [0.717, 1.165) is 16.8 Å². The molecular formula is C9H12ClNO. The summed E-state index contributed by atoms with van der Waals surface area (Å²) in [5.74, 6) is 0. The molecule has 66 valence electrons. The van der Waals surface area contributed by atoms with Crippen molar-refractivity contribution in [1.29, 1.82) is 0 Å². The lowest BCUT2D eigenvalue weighted by Crippen LogP contribution is -2.02. The first kappa shape index (κ1) is 9.36. The van der Waals surface area contributed by atoms with Crippen molar-refractivity contribution in [3.63, 3.8) is 0 Å². The second-order valence-corrected chi connectivity index (χ2v) is 3.18. The van der Waals surface area contributed by atoms with Crippen LogP contribution in [0.25, 0.3) is 0 Å². The fourth-order valence-electron chi connectivity index (χ4n) is 1.22. The van der Waals surface area contributed by atoms with E-state index in [1.54, 1.807) is 0 Å². The third kappa shape index (κ3) is 1.90. The Labute approximate surface area is 77.2 Å². The van der Waals surface area contributed by atoms with Gasteiger partial charge in [0.25, 0.3) is 0 Å². The van der Waals surface area contributed by atoms with E-state index in [1.165, 1.54) is 0 Å². The minimum Gasteiger partial charge on any atom is -0.377 e. The van der Waals surface area contributed by atoms with Gasteiger partial charge in [0.05, 0.1) is 10.7 Å². The molecule has 1 rings (SSSR count). The third-order valence-electron chi connectivity index (χ3n) is 1.69. The molecule has 0 saturated carbocycles. The Hall–Kier alpha value is -0.730. The molecular weight excluding hydrogens is 174 g/mol. The second kappa shape index (κ2) is 3.78. The average molecular weight is 186 g/mol. The molecule has 0 heterocycles. The van der Waals surface area contributed by atoms with E-state index in [9.17, 15) is 0 Å². The minimum atomic E-state index is -0.0936. The molecule has 0 radical (unpaired) electrons. The normalized spacial score (nSPS) is 10.0. The fraction of sp³-hybridized carbons (Fsp3) is 0.333. The highest BCUT2D eigenvalue weighted by atomic mass is 35.5. The molecule has 0 unspecified atom stereocenters. The van der Waals surface area contributed by atoms with Gasteiger partial charge in [-0.25, -0.2) is 0 Å². The molecule has 0 aliphatic rings. The first-order chi connectivity index (χ1) is 5.65. The molecule has 0 aromatic heterocycles. The highest BCUT2D eigenvalue weighted by Crippen LogP contribution is 2.26. The number of hydrogen-bond donors (Lipinski definition) is 2. The third-order valence-corrected chi connectivity index (χ3v) is 1.99. The highest BCUT2D eigenvalue weighted by Gasteiger charge is 2.02. The van der Waals surface area contributed by atoms with E-state index in [4.69, 9.17) is 16.7 Å². The van der Waals surface area contributed by atoms with Crippen LogP contribution in [-0.2, 0) is 0 Å². The monoisotopic (exact) mass is 185 g/mol. The van der Waals surface area contributed by atoms with Gasteiger partial charge in [-0.05, 0) is 31.0 Å². The molecule has 0 spiro atoms. The molecule has 0 bridgehead atoms. The lowest BCUT2D eigenvalue weighted by molar-refractivity contribution is 0.325. The summed E-state index contributed by atoms with van der Waals surface area (Å²) in [5.41, 5.74) is 2.99. The van der Waals surface area contributed by atoms with Gasteiger partial charge in [0.15, 0.2) is 0 Å². The van der Waals surface area contributed by atoms with E-state index in [-0.39, 0.29) is 6.73 Å². The molecule has 0 aliphatic carbocycles. The maximum absolute atomic E-state index is 8.67. The molecule has 1 aromatic carbocycles. The lowest BCUT2D eigenvalue weighted by atomic mass is 10.1. The van der Waals surface area contributed by atoms with Crippen LogP contribution in [0, 0.1) is 13.8 Å². The van der Waals surface area contributed by atoms with Crippen molar-refractivity contribution in [1.82, 2.24) is 0 Å². The average Bonchev–Trinajstić information content (AvgIpc) is 1.96. The quantitative estimate of drug-likeness (QED) is 0.694. The molecule has 1 aromatic rings. The Morgan fingerprint density at radius 1 is 1.42 bits per heavy atom. The van der Waals surface area contributed by atoms with Crippen LogP contribution in [0.2, 0.25) is 5.02 Å². The maximum Gasteiger partial charge on any atom is 0.113 e. The summed E-state index contributed by atoms with van der Waals surface area (Å²) in [6.07, 6.45) is 0. The standard InChI is InChI=1S/C9H12ClNO/c1-6-3-7(2)9(11-5-12)8(10)4-6/h3-4,11-12H,5H2,1-2H3. The Morgan fingerprint density at radius 2 is 2.08 bits per heavy atom. The smallest absolute Gasteiger partial charge is 0.113 e. The molecule has 2 N–H and O–H groups in total. The molecule has 0 amide bonds. The van der Waals surface area contributed by atoms with Crippen molar-refractivity contribution in [2.75, 3.05) is 12.0 Å². The predicted octanol–water partition coefficient (Wildman–Crippen LogP) is 2.32. The van der Waals surface area contributed by atoms with Gasteiger partial charge in [-0.1, -0.05) is 17.7 Å². The Bertz CT molecular complexity index is 263. The Balaban J connectivity index is 3.10. The van der Waals surface area contributed by atoms with Gasteiger partial charge < -0.3 is 10.4 Å². The van der Waals surface area contributed by atoms with Gasteiger partial charge in [0.2, 0.25) is 0 Å². The van der Waals surface area contributed by atoms with Gasteiger partial charge in [0.1, 0.15) is 6.73 Å². The summed E-state index contributed by atoms with van der Waals surface area (Å²) in [6, 6.07) is 3.89. The van der Waals surface area contributed by atoms with Crippen LogP contribution in [0.1, 0.15) is 11.1 Å². The van der Waals surface area contributed by atoms with E-state index in [1.807, 2.05) is 26.0 Å². The number of anilines is 1. The van der Waals surface area contributed by atoms with Gasteiger partial charge in [-0.3, -0.25) is 0 Å². The summed E-state index contributed by atoms with van der Waals surface area (Å²) in [7, 11) is 0. The Morgan fingerprint density at radius 3 is 2.58 bits per heavy atom. The van der Waals surface area contributed by atoms with Crippen LogP contribution in [0.4, 0.5) is 5.69 Å². The Kier molecular flexibility index (Phi) is 2.95. The van der Waals surface area contributed by atoms with Crippen molar-refractivity contribution in [3.8, 4) is 0 Å². The molecule has 0 aliphatic heterocycles. The predicted molar refractivity (Wildman–Crippen MR) is 51.6 cm³/mol. The van der Waals surface area contributed by atoms with Crippen LogP contribution >= 0.6 is 11.6 Å². The topological polar surface area (TPSA) is 32.3 Å². The largest absolute Gasteiger partial charge is 0.377 e. The van der Waals surface area contributed by atoms with Gasteiger partial charge in [0, 0.05) is 0 Å². The molecule has 0 atom stereocenters. The van der Waals surface area contributed by atoms with Crippen molar-refractivity contribution >= 4 is 17.3 Å². The van der Waals surface area contributed by atoms with Gasteiger partial charge >= 0.3 is 0 Å². The molecule has 0 saturated heterocycles. The molecule has 0 fully saturated rings. The zero-order chi connectivity index (χ0) is 9.14. The summed E-state index contributed by atoms with van der Waals surface area (Å²) in [6.45, 7) is 3.85. The van der Waals surface area contributed by atoms with Crippen molar-refractivity contribution in [3.05, 3.63) is 28.3 Å². The first-order valence-electron chi connectivity index (χ1n) is 3.76. The van der Waals surface area contributed by atoms with Crippen LogP contribution in [-0.4, -0.2) is 11.8 Å². The number of aryl methyl sites for hydroxylation is 2. The van der Waals surface area contributed by atoms with E-state index >= 15 is 0 Å². The number of rotatable bonds is 2. The minimum absolute atomic E-state index is 0.0936. The van der Waals surface area contributed by atoms with Crippen molar-refractivity contribution in [2.24, 2.45) is 0 Å². The van der Waals surface area contributed by atoms with Gasteiger partial charge in [-0.2, -0.15) is 0 Å². The maximum atomic E-state index is 8.67. The number of hydrogen-bond acceptors (Lipinski definition) is 2. The number of nitrogens with one attached hydrogen (secondary N) is 1. The van der Waals surface area contributed by atoms with Crippen LogP contribution in [0.3, 0.4) is 0 Å². The SMILES string of the molecule is Cc1cc(C)c(NCO)c(Cl)c1. The first-order valence-corrected chi connectivity index (χ1v) is 4.14. The van der Waals surface area contributed by atoms with Crippen LogP contribution < -0.4 is 5.32 Å². The molecule has 3 heteroatoms. The zero-order valence-electron chi connectivity index (χ0n) is 7.19. The number of aliphatic hydroxyl groups is 1. The summed E-state index contributed by atoms with van der Waals surface area (Å²) < 4.78 is 0. The summed E-state index contributed by atoms with van der Waals surface area (Å²) in [5, 5.41) is 12.1. The van der Waals surface area contributed by atoms with Crippen molar-refractivity contribution < 1.29 is 5.11 Å². The molecule has 12 heavy (non-hydrogen) atoms. The number of aliphatic hydroxyl groups excluding tert-OH is 1. The van der Waals surface area contributed by atoms with Crippen LogP contribution in [0.15, 0.2) is 12.1 Å². The van der Waals surface area contributed by atoms with Gasteiger partial charge in [-0.15, -0.1) is 0 Å². The zero-order valence-corrected chi connectivity index (χ0v) is 7.94. The second-order valence-electron chi connectivity index (χ2n) is 2.77. The highest BCUT2D eigenvalue weighted by molar-refractivity contribution is 6.33. The number of halogens is 1. The summed E-state index contributed by atoms with van der Waals surface area (Å²) >= 11 is 5.94. The van der Waals surface area contributed by atoms with E-state index in [2.05, 4.69) is 5.32 Å².